The van der Waals surface area contributed by atoms with Gasteiger partial charge in [-0.05, 0) is 66.7 Å². The lowest BCUT2D eigenvalue weighted by molar-refractivity contribution is -0.128. The molecule has 2 saturated carbocycles. The Morgan fingerprint density at radius 2 is 2.10 bits per heavy atom. The van der Waals surface area contributed by atoms with Crippen LogP contribution in [0, 0.1) is 17.3 Å². The Bertz CT molecular complexity index is 608. The summed E-state index contributed by atoms with van der Waals surface area (Å²) in [5.74, 6) is 1.70. The number of aliphatic hydroxyl groups is 1. The van der Waals surface area contributed by atoms with Crippen LogP contribution >= 0.6 is 0 Å². The molecule has 112 valence electrons. The Labute approximate surface area is 125 Å². The molecule has 0 heterocycles. The van der Waals surface area contributed by atoms with Crippen LogP contribution in [-0.2, 0) is 11.2 Å². The van der Waals surface area contributed by atoms with Gasteiger partial charge in [-0.1, -0.05) is 13.0 Å². The zero-order valence-corrected chi connectivity index (χ0v) is 12.4. The van der Waals surface area contributed by atoms with Crippen LogP contribution in [0.25, 0.3) is 0 Å². The van der Waals surface area contributed by atoms with Crippen molar-refractivity contribution < 1.29 is 15.0 Å². The predicted octanol–water partition coefficient (Wildman–Crippen LogP) is 2.79. The van der Waals surface area contributed by atoms with E-state index in [4.69, 9.17) is 0 Å². The average molecular weight is 286 g/mol. The third kappa shape index (κ3) is 1.73. The van der Waals surface area contributed by atoms with Gasteiger partial charge in [-0.25, -0.2) is 0 Å². The first-order valence-electron chi connectivity index (χ1n) is 8.03. The van der Waals surface area contributed by atoms with E-state index in [-0.39, 0.29) is 11.2 Å². The predicted molar refractivity (Wildman–Crippen MR) is 79.1 cm³/mol. The minimum Gasteiger partial charge on any atom is -0.508 e. The van der Waals surface area contributed by atoms with E-state index in [1.54, 1.807) is 6.07 Å². The van der Waals surface area contributed by atoms with E-state index >= 15 is 0 Å². The van der Waals surface area contributed by atoms with Gasteiger partial charge in [-0.2, -0.15) is 0 Å². The number of carbonyl (C=O) groups excluding carboxylic acids is 1. The second-order valence-electron chi connectivity index (χ2n) is 7.42. The SMILES string of the molecule is C[C@]12CC[C@@H]3c4ccc(O)cc4CC[C@H]3[C@@H]1CC(=O)[C@H]2O. The molecule has 0 saturated heterocycles. The van der Waals surface area contributed by atoms with E-state index in [2.05, 4.69) is 13.0 Å². The molecule has 0 bridgehead atoms. The fraction of sp³-hybridized carbons (Fsp3) is 0.611. The summed E-state index contributed by atoms with van der Waals surface area (Å²) in [7, 11) is 0. The number of aryl methyl sites for hydroxylation is 1. The minimum atomic E-state index is -0.760. The number of hydrogen-bond donors (Lipinski definition) is 2. The zero-order chi connectivity index (χ0) is 14.8. The van der Waals surface area contributed by atoms with Crippen LogP contribution in [0.3, 0.4) is 0 Å². The molecular weight excluding hydrogens is 264 g/mol. The van der Waals surface area contributed by atoms with Crippen molar-refractivity contribution >= 4 is 5.78 Å². The standard InChI is InChI=1S/C18H22O3/c1-18-7-6-13-12-5-3-11(19)8-10(12)2-4-14(13)15(18)9-16(20)17(18)21/h3,5,8,13-15,17,19,21H,2,4,6-7,9H2,1H3/t13-,14-,15+,17-,18+/m1/s1. The van der Waals surface area contributed by atoms with Crippen LogP contribution in [0.2, 0.25) is 0 Å². The van der Waals surface area contributed by atoms with E-state index < -0.39 is 6.10 Å². The number of benzene rings is 1. The molecule has 0 unspecified atom stereocenters. The molecule has 3 nitrogen and oxygen atoms in total. The van der Waals surface area contributed by atoms with Gasteiger partial charge < -0.3 is 10.2 Å². The summed E-state index contributed by atoms with van der Waals surface area (Å²) >= 11 is 0. The highest BCUT2D eigenvalue weighted by Crippen LogP contribution is 2.60. The number of phenols is 1. The molecule has 0 radical (unpaired) electrons. The first-order valence-corrected chi connectivity index (χ1v) is 8.03. The highest BCUT2D eigenvalue weighted by molar-refractivity contribution is 5.86. The van der Waals surface area contributed by atoms with Gasteiger partial charge >= 0.3 is 0 Å². The average Bonchev–Trinajstić information content (AvgIpc) is 2.70. The number of rotatable bonds is 0. The third-order valence-electron chi connectivity index (χ3n) is 6.50. The molecule has 3 heteroatoms. The number of ketones is 1. The van der Waals surface area contributed by atoms with Crippen LogP contribution in [0.5, 0.6) is 5.75 Å². The zero-order valence-electron chi connectivity index (χ0n) is 12.4. The van der Waals surface area contributed by atoms with Crippen molar-refractivity contribution in [2.75, 3.05) is 0 Å². The normalized spacial score (nSPS) is 41.3. The molecule has 5 atom stereocenters. The van der Waals surface area contributed by atoms with E-state index in [1.807, 2.05) is 6.07 Å². The summed E-state index contributed by atoms with van der Waals surface area (Å²) in [4.78, 5) is 12.0. The molecule has 0 aliphatic heterocycles. The van der Waals surface area contributed by atoms with Gasteiger partial charge in [0.05, 0.1) is 0 Å². The Morgan fingerprint density at radius 1 is 1.29 bits per heavy atom. The van der Waals surface area contributed by atoms with Crippen LogP contribution in [0.4, 0.5) is 0 Å². The Morgan fingerprint density at radius 3 is 2.90 bits per heavy atom. The second-order valence-corrected chi connectivity index (χ2v) is 7.42. The van der Waals surface area contributed by atoms with E-state index in [9.17, 15) is 15.0 Å². The van der Waals surface area contributed by atoms with Gasteiger partial charge in [-0.15, -0.1) is 0 Å². The fourth-order valence-electron chi connectivity index (χ4n) is 5.34. The molecule has 4 rings (SSSR count). The number of aromatic hydroxyl groups is 1. The largest absolute Gasteiger partial charge is 0.508 e. The fourth-order valence-corrected chi connectivity index (χ4v) is 5.34. The monoisotopic (exact) mass is 286 g/mol. The molecule has 3 aliphatic rings. The topological polar surface area (TPSA) is 57.5 Å². The summed E-state index contributed by atoms with van der Waals surface area (Å²) < 4.78 is 0. The van der Waals surface area contributed by atoms with E-state index in [0.717, 1.165) is 25.7 Å². The van der Waals surface area contributed by atoms with Crippen molar-refractivity contribution in [3.8, 4) is 5.75 Å². The molecular formula is C18H22O3. The van der Waals surface area contributed by atoms with Crippen molar-refractivity contribution in [3.63, 3.8) is 0 Å². The first kappa shape index (κ1) is 13.3. The number of Topliss-reactive ketones (excluding diaryl/α,β-unsaturated/α-hetero) is 1. The van der Waals surface area contributed by atoms with Crippen molar-refractivity contribution in [2.24, 2.45) is 17.3 Å². The third-order valence-corrected chi connectivity index (χ3v) is 6.50. The van der Waals surface area contributed by atoms with Gasteiger partial charge in [0.2, 0.25) is 0 Å². The summed E-state index contributed by atoms with van der Waals surface area (Å²) in [6.07, 6.45) is 3.80. The summed E-state index contributed by atoms with van der Waals surface area (Å²) in [5, 5.41) is 20.0. The first-order chi connectivity index (χ1) is 10.0. The van der Waals surface area contributed by atoms with Crippen LogP contribution in [0.15, 0.2) is 18.2 Å². The van der Waals surface area contributed by atoms with Crippen LogP contribution < -0.4 is 0 Å². The molecule has 3 aliphatic carbocycles. The van der Waals surface area contributed by atoms with Crippen LogP contribution in [-0.4, -0.2) is 22.1 Å². The number of carbonyl (C=O) groups is 1. The van der Waals surface area contributed by atoms with Gasteiger partial charge in [0.1, 0.15) is 11.9 Å². The number of hydrogen-bond acceptors (Lipinski definition) is 3. The maximum Gasteiger partial charge on any atom is 0.162 e. The summed E-state index contributed by atoms with van der Waals surface area (Å²) in [6.45, 7) is 2.11. The minimum absolute atomic E-state index is 0.0413. The summed E-state index contributed by atoms with van der Waals surface area (Å²) in [5.41, 5.74) is 2.41. The molecule has 0 amide bonds. The molecule has 1 aromatic carbocycles. The van der Waals surface area contributed by atoms with Gasteiger partial charge in [0.15, 0.2) is 5.78 Å². The van der Waals surface area contributed by atoms with Crippen molar-refractivity contribution in [3.05, 3.63) is 29.3 Å². The quantitative estimate of drug-likeness (QED) is 0.771. The maximum atomic E-state index is 12.0. The number of fused-ring (bicyclic) bond motifs is 5. The highest BCUT2D eigenvalue weighted by Gasteiger charge is 2.57. The maximum absolute atomic E-state index is 12.0. The Hall–Kier alpha value is -1.35. The van der Waals surface area contributed by atoms with Crippen LogP contribution in [0.1, 0.15) is 49.7 Å². The van der Waals surface area contributed by atoms with Crippen molar-refractivity contribution in [1.29, 1.82) is 0 Å². The van der Waals surface area contributed by atoms with Gasteiger partial charge in [0.25, 0.3) is 0 Å². The van der Waals surface area contributed by atoms with E-state index in [1.165, 1.54) is 11.1 Å². The smallest absolute Gasteiger partial charge is 0.162 e. The molecule has 0 spiro atoms. The molecule has 2 N–H and O–H groups in total. The van der Waals surface area contributed by atoms with Gasteiger partial charge in [-0.3, -0.25) is 4.79 Å². The molecule has 21 heavy (non-hydrogen) atoms. The Kier molecular flexibility index (Phi) is 2.74. The molecule has 2 fully saturated rings. The lowest BCUT2D eigenvalue weighted by Gasteiger charge is -2.49. The second kappa shape index (κ2) is 4.33. The number of aliphatic hydroxyl groups excluding tert-OH is 1. The van der Waals surface area contributed by atoms with Crippen molar-refractivity contribution in [1.82, 2.24) is 0 Å². The molecule has 1 aromatic rings. The lowest BCUT2D eigenvalue weighted by atomic mass is 9.55. The molecule has 0 aromatic heterocycles. The summed E-state index contributed by atoms with van der Waals surface area (Å²) in [6, 6.07) is 5.75. The van der Waals surface area contributed by atoms with E-state index in [0.29, 0.717) is 29.9 Å². The number of phenolic OH excluding ortho intramolecular Hbond substituents is 1. The Balaban J connectivity index is 1.73. The van der Waals surface area contributed by atoms with Crippen molar-refractivity contribution in [2.45, 2.75) is 51.0 Å². The highest BCUT2D eigenvalue weighted by atomic mass is 16.3. The lowest BCUT2D eigenvalue weighted by Crippen LogP contribution is -2.44. The van der Waals surface area contributed by atoms with Gasteiger partial charge in [0, 0.05) is 11.8 Å².